The lowest BCUT2D eigenvalue weighted by Gasteiger charge is -2.33. The molecule has 0 aliphatic carbocycles. The molecule has 0 radical (unpaired) electrons. The molecule has 1 aromatic heterocycles. The number of hydrogen-bond donors (Lipinski definition) is 2. The third-order valence-corrected chi connectivity index (χ3v) is 4.48. The predicted octanol–water partition coefficient (Wildman–Crippen LogP) is 0.439. The van der Waals surface area contributed by atoms with Crippen molar-refractivity contribution in [1.29, 1.82) is 0 Å². The average Bonchev–Trinajstić information content (AvgIpc) is 2.84. The van der Waals surface area contributed by atoms with Crippen molar-refractivity contribution in [2.45, 2.75) is 25.1 Å². The van der Waals surface area contributed by atoms with Gasteiger partial charge in [-0.15, -0.1) is 11.3 Å². The van der Waals surface area contributed by atoms with E-state index in [4.69, 9.17) is 0 Å². The van der Waals surface area contributed by atoms with Gasteiger partial charge in [-0.1, -0.05) is 0 Å². The average molecular weight is 224 g/mol. The van der Waals surface area contributed by atoms with Crippen molar-refractivity contribution in [2.24, 2.45) is 0 Å². The van der Waals surface area contributed by atoms with Crippen molar-refractivity contribution >= 4 is 11.3 Å². The molecule has 2 aliphatic heterocycles. The van der Waals surface area contributed by atoms with E-state index in [2.05, 4.69) is 21.7 Å². The highest BCUT2D eigenvalue weighted by Crippen LogP contribution is 2.26. The van der Waals surface area contributed by atoms with Crippen LogP contribution in [-0.2, 0) is 13.0 Å². The molecule has 0 spiro atoms. The highest BCUT2D eigenvalue weighted by Gasteiger charge is 2.32. The van der Waals surface area contributed by atoms with E-state index in [0.717, 1.165) is 32.6 Å². The summed E-state index contributed by atoms with van der Waals surface area (Å²) in [6.45, 7) is 3.79. The van der Waals surface area contributed by atoms with Crippen LogP contribution in [0, 0.1) is 0 Å². The van der Waals surface area contributed by atoms with Crippen LogP contribution in [0.25, 0.3) is 0 Å². The Morgan fingerprint density at radius 2 is 2.40 bits per heavy atom. The predicted molar refractivity (Wildman–Crippen MR) is 61.1 cm³/mol. The van der Waals surface area contributed by atoms with Gasteiger partial charge in [0, 0.05) is 37.1 Å². The molecule has 0 saturated carbocycles. The van der Waals surface area contributed by atoms with Crippen molar-refractivity contribution in [2.75, 3.05) is 19.6 Å². The zero-order chi connectivity index (χ0) is 10.3. The number of aliphatic hydroxyl groups is 1. The quantitative estimate of drug-likeness (QED) is 0.726. The smallest absolute Gasteiger partial charge is 0.0831 e. The molecule has 1 aromatic rings. The first-order valence-electron chi connectivity index (χ1n) is 5.52. The summed E-state index contributed by atoms with van der Waals surface area (Å²) >= 11 is 1.87. The molecule has 0 aromatic carbocycles. The highest BCUT2D eigenvalue weighted by atomic mass is 32.1. The van der Waals surface area contributed by atoms with Crippen LogP contribution in [0.15, 0.2) is 11.4 Å². The Kier molecular flexibility index (Phi) is 2.52. The van der Waals surface area contributed by atoms with Gasteiger partial charge in [0.25, 0.3) is 0 Å². The molecular formula is C11H16N2OS. The molecule has 1 saturated heterocycles. The largest absolute Gasteiger partial charge is 0.390 e. The molecule has 2 atom stereocenters. The Hall–Kier alpha value is -0.420. The fourth-order valence-electron chi connectivity index (χ4n) is 2.58. The number of β-amino-alcohol motifs (C(OH)–C–C–N with tert-alkyl or cyclic N) is 1. The maximum Gasteiger partial charge on any atom is 0.0831 e. The number of thiophene rings is 1. The Bertz CT molecular complexity index is 352. The van der Waals surface area contributed by atoms with Gasteiger partial charge in [0.2, 0.25) is 0 Å². The summed E-state index contributed by atoms with van der Waals surface area (Å²) in [6, 6.07) is 2.54. The number of hydrogen-bond acceptors (Lipinski definition) is 4. The molecule has 0 amide bonds. The maximum atomic E-state index is 9.84. The summed E-state index contributed by atoms with van der Waals surface area (Å²) in [5.74, 6) is 0. The van der Waals surface area contributed by atoms with Crippen LogP contribution in [0.1, 0.15) is 10.4 Å². The third-order valence-electron chi connectivity index (χ3n) is 3.46. The van der Waals surface area contributed by atoms with Crippen molar-refractivity contribution in [3.8, 4) is 0 Å². The Balaban J connectivity index is 1.75. The van der Waals surface area contributed by atoms with Gasteiger partial charge in [0.15, 0.2) is 0 Å². The van der Waals surface area contributed by atoms with Crippen LogP contribution in [0.5, 0.6) is 0 Å². The van der Waals surface area contributed by atoms with Gasteiger partial charge < -0.3 is 10.4 Å². The first-order valence-corrected chi connectivity index (χ1v) is 6.40. The van der Waals surface area contributed by atoms with E-state index in [0.29, 0.717) is 6.04 Å². The van der Waals surface area contributed by atoms with E-state index < -0.39 is 0 Å². The molecule has 2 aliphatic rings. The van der Waals surface area contributed by atoms with Gasteiger partial charge in [-0.2, -0.15) is 0 Å². The van der Waals surface area contributed by atoms with Gasteiger partial charge in [-0.05, 0) is 23.4 Å². The number of nitrogens with zero attached hydrogens (tertiary/aromatic N) is 1. The molecule has 3 rings (SSSR count). The third kappa shape index (κ3) is 1.72. The lowest BCUT2D eigenvalue weighted by Crippen LogP contribution is -2.45. The Labute approximate surface area is 93.7 Å². The van der Waals surface area contributed by atoms with Crippen LogP contribution in [-0.4, -0.2) is 41.8 Å². The summed E-state index contributed by atoms with van der Waals surface area (Å²) in [6.07, 6.45) is 0.959. The van der Waals surface area contributed by atoms with Crippen LogP contribution in [0.2, 0.25) is 0 Å². The van der Waals surface area contributed by atoms with Gasteiger partial charge in [-0.3, -0.25) is 4.90 Å². The number of rotatable bonds is 1. The van der Waals surface area contributed by atoms with E-state index in [1.54, 1.807) is 0 Å². The van der Waals surface area contributed by atoms with E-state index in [-0.39, 0.29) is 6.10 Å². The fraction of sp³-hybridized carbons (Fsp3) is 0.636. The zero-order valence-electron chi connectivity index (χ0n) is 8.65. The number of fused-ring (bicyclic) bond motifs is 1. The van der Waals surface area contributed by atoms with E-state index >= 15 is 0 Å². The normalized spacial score (nSPS) is 31.8. The second kappa shape index (κ2) is 3.87. The minimum absolute atomic E-state index is 0.190. The first-order chi connectivity index (χ1) is 7.34. The molecule has 1 fully saturated rings. The van der Waals surface area contributed by atoms with Gasteiger partial charge in [-0.25, -0.2) is 0 Å². The first kappa shape index (κ1) is 9.78. The van der Waals surface area contributed by atoms with Crippen LogP contribution in [0.3, 0.4) is 0 Å². The highest BCUT2D eigenvalue weighted by molar-refractivity contribution is 7.10. The van der Waals surface area contributed by atoms with Gasteiger partial charge in [0.1, 0.15) is 0 Å². The van der Waals surface area contributed by atoms with Gasteiger partial charge in [0.05, 0.1) is 6.10 Å². The minimum Gasteiger partial charge on any atom is -0.390 e. The van der Waals surface area contributed by atoms with E-state index in [1.807, 2.05) is 11.3 Å². The number of aliphatic hydroxyl groups excluding tert-OH is 1. The molecular weight excluding hydrogens is 208 g/mol. The summed E-state index contributed by atoms with van der Waals surface area (Å²) in [7, 11) is 0. The molecule has 82 valence electrons. The van der Waals surface area contributed by atoms with Crippen LogP contribution >= 0.6 is 11.3 Å². The van der Waals surface area contributed by atoms with Crippen molar-refractivity contribution < 1.29 is 5.11 Å². The standard InChI is InChI=1S/C11H16N2OS/c14-10-6-12-5-9(10)13-3-1-11-8(7-13)2-4-15-11/h2,4,9-10,12,14H,1,3,5-7H2/t9-,10-/m1/s1. The zero-order valence-corrected chi connectivity index (χ0v) is 9.46. The molecule has 15 heavy (non-hydrogen) atoms. The van der Waals surface area contributed by atoms with Crippen LogP contribution < -0.4 is 5.32 Å². The van der Waals surface area contributed by atoms with Crippen molar-refractivity contribution in [3.63, 3.8) is 0 Å². The summed E-state index contributed by atoms with van der Waals surface area (Å²) in [4.78, 5) is 3.95. The second-order valence-corrected chi connectivity index (χ2v) is 5.38. The molecule has 0 bridgehead atoms. The second-order valence-electron chi connectivity index (χ2n) is 4.38. The fourth-order valence-corrected chi connectivity index (χ4v) is 3.47. The van der Waals surface area contributed by atoms with Crippen molar-refractivity contribution in [3.05, 3.63) is 21.9 Å². The summed E-state index contributed by atoms with van der Waals surface area (Å²) in [5, 5.41) is 15.3. The molecule has 3 nitrogen and oxygen atoms in total. The SMILES string of the molecule is O[C@@H]1CNC[C@H]1N1CCc2sccc2C1. The topological polar surface area (TPSA) is 35.5 Å². The molecule has 0 unspecified atom stereocenters. The van der Waals surface area contributed by atoms with Gasteiger partial charge >= 0.3 is 0 Å². The Morgan fingerprint density at radius 3 is 3.20 bits per heavy atom. The minimum atomic E-state index is -0.190. The van der Waals surface area contributed by atoms with E-state index in [9.17, 15) is 5.11 Å². The molecule has 4 heteroatoms. The number of nitrogens with one attached hydrogen (secondary N) is 1. The molecule has 3 heterocycles. The lowest BCUT2D eigenvalue weighted by molar-refractivity contribution is 0.0751. The lowest BCUT2D eigenvalue weighted by atomic mass is 10.1. The summed E-state index contributed by atoms with van der Waals surface area (Å²) < 4.78 is 0. The van der Waals surface area contributed by atoms with Crippen LogP contribution in [0.4, 0.5) is 0 Å². The summed E-state index contributed by atoms with van der Waals surface area (Å²) in [5.41, 5.74) is 1.46. The monoisotopic (exact) mass is 224 g/mol. The van der Waals surface area contributed by atoms with Crippen molar-refractivity contribution in [1.82, 2.24) is 10.2 Å². The van der Waals surface area contributed by atoms with E-state index in [1.165, 1.54) is 10.4 Å². The Morgan fingerprint density at radius 1 is 1.47 bits per heavy atom. The molecule has 2 N–H and O–H groups in total. The maximum absolute atomic E-state index is 9.84.